The predicted molar refractivity (Wildman–Crippen MR) is 95.5 cm³/mol. The van der Waals surface area contributed by atoms with Gasteiger partial charge in [-0.05, 0) is 42.2 Å². The van der Waals surface area contributed by atoms with Crippen molar-refractivity contribution < 1.29 is 8.42 Å². The fourth-order valence-electron chi connectivity index (χ4n) is 2.75. The lowest BCUT2D eigenvalue weighted by molar-refractivity contribution is 0.297. The maximum Gasteiger partial charge on any atom is 0.277 e. The topological polar surface area (TPSA) is 42.3 Å². The Hall–Kier alpha value is -1.63. The third kappa shape index (κ3) is 2.94. The van der Waals surface area contributed by atoms with Gasteiger partial charge in [-0.15, -0.1) is 11.3 Å². The number of benzene rings is 1. The molecule has 4 nitrogen and oxygen atoms in total. The monoisotopic (exact) mass is 348 g/mol. The molecule has 0 radical (unpaired) electrons. The Balaban J connectivity index is 2.09. The molecule has 3 aromatic rings. The largest absolute Gasteiger partial charge is 0.300 e. The second-order valence-electron chi connectivity index (χ2n) is 5.36. The van der Waals surface area contributed by atoms with Crippen LogP contribution in [0, 0.1) is 0 Å². The molecule has 0 unspecified atom stereocenters. The summed E-state index contributed by atoms with van der Waals surface area (Å²) in [4.78, 5) is 2.32. The fraction of sp³-hybridized carbons (Fsp3) is 0.294. The number of rotatable bonds is 6. The highest BCUT2D eigenvalue weighted by atomic mass is 32.2. The van der Waals surface area contributed by atoms with E-state index in [4.69, 9.17) is 0 Å². The van der Waals surface area contributed by atoms with Crippen LogP contribution in [0.1, 0.15) is 19.4 Å². The minimum absolute atomic E-state index is 0.365. The zero-order valence-corrected chi connectivity index (χ0v) is 14.9. The van der Waals surface area contributed by atoms with Gasteiger partial charge in [0, 0.05) is 18.1 Å². The third-order valence-electron chi connectivity index (χ3n) is 4.08. The molecule has 0 bridgehead atoms. The van der Waals surface area contributed by atoms with Crippen molar-refractivity contribution in [2.75, 3.05) is 13.1 Å². The number of hydrogen-bond acceptors (Lipinski definition) is 4. The van der Waals surface area contributed by atoms with E-state index in [1.165, 1.54) is 15.3 Å². The van der Waals surface area contributed by atoms with Crippen LogP contribution < -0.4 is 0 Å². The number of aromatic nitrogens is 1. The molecule has 0 aliphatic carbocycles. The van der Waals surface area contributed by atoms with Crippen molar-refractivity contribution in [3.05, 3.63) is 53.5 Å². The molecule has 0 N–H and O–H groups in total. The van der Waals surface area contributed by atoms with E-state index in [0.717, 1.165) is 36.1 Å². The molecule has 0 aliphatic heterocycles. The van der Waals surface area contributed by atoms with E-state index in [1.807, 2.05) is 18.2 Å². The molecule has 2 aromatic heterocycles. The first kappa shape index (κ1) is 16.2. The summed E-state index contributed by atoms with van der Waals surface area (Å²) in [5, 5.41) is 2.78. The summed E-state index contributed by atoms with van der Waals surface area (Å²) in [6.07, 6.45) is 1.66. The van der Waals surface area contributed by atoms with E-state index >= 15 is 0 Å². The summed E-state index contributed by atoms with van der Waals surface area (Å²) in [5.74, 6) is 0. The molecule has 1 aromatic carbocycles. The van der Waals surface area contributed by atoms with Crippen LogP contribution >= 0.6 is 11.3 Å². The molecule has 3 rings (SSSR count). The molecule has 6 heteroatoms. The smallest absolute Gasteiger partial charge is 0.277 e. The minimum Gasteiger partial charge on any atom is -0.300 e. The van der Waals surface area contributed by atoms with Crippen LogP contribution in [0.25, 0.3) is 10.9 Å². The lowest BCUT2D eigenvalue weighted by atomic mass is 10.1. The summed E-state index contributed by atoms with van der Waals surface area (Å²) in [5.41, 5.74) is 1.90. The van der Waals surface area contributed by atoms with Crippen LogP contribution in [0.3, 0.4) is 0 Å². The average molecular weight is 348 g/mol. The number of fused-ring (bicyclic) bond motifs is 1. The van der Waals surface area contributed by atoms with Crippen LogP contribution in [0.15, 0.2) is 52.2 Å². The normalized spacial score (nSPS) is 12.3. The molecule has 0 saturated heterocycles. The van der Waals surface area contributed by atoms with E-state index in [2.05, 4.69) is 24.8 Å². The highest BCUT2D eigenvalue weighted by molar-refractivity contribution is 7.92. The molecule has 0 fully saturated rings. The van der Waals surface area contributed by atoms with E-state index in [9.17, 15) is 8.42 Å². The molecule has 2 heterocycles. The van der Waals surface area contributed by atoms with Crippen LogP contribution in [0.5, 0.6) is 0 Å². The van der Waals surface area contributed by atoms with E-state index in [1.54, 1.807) is 23.7 Å². The van der Waals surface area contributed by atoms with Gasteiger partial charge in [-0.3, -0.25) is 4.90 Å². The first-order chi connectivity index (χ1) is 11.1. The zero-order chi connectivity index (χ0) is 16.4. The van der Waals surface area contributed by atoms with Gasteiger partial charge in [-0.1, -0.05) is 32.0 Å². The van der Waals surface area contributed by atoms with Crippen LogP contribution in [-0.4, -0.2) is 30.4 Å². The van der Waals surface area contributed by atoms with Crippen LogP contribution in [0.4, 0.5) is 0 Å². The van der Waals surface area contributed by atoms with Crippen molar-refractivity contribution in [1.82, 2.24) is 8.87 Å². The second kappa shape index (κ2) is 6.47. The van der Waals surface area contributed by atoms with Gasteiger partial charge in [0.05, 0.1) is 5.52 Å². The first-order valence-corrected chi connectivity index (χ1v) is 10.00. The van der Waals surface area contributed by atoms with Crippen molar-refractivity contribution in [2.24, 2.45) is 0 Å². The molecule has 0 atom stereocenters. The van der Waals surface area contributed by atoms with Gasteiger partial charge in [0.1, 0.15) is 4.21 Å². The van der Waals surface area contributed by atoms with Gasteiger partial charge in [0.25, 0.3) is 10.0 Å². The summed E-state index contributed by atoms with van der Waals surface area (Å²) in [6, 6.07) is 11.2. The van der Waals surface area contributed by atoms with Gasteiger partial charge in [-0.25, -0.2) is 3.97 Å². The number of nitrogens with zero attached hydrogens (tertiary/aromatic N) is 2. The van der Waals surface area contributed by atoms with Crippen molar-refractivity contribution in [3.8, 4) is 0 Å². The molecule has 0 amide bonds. The second-order valence-corrected chi connectivity index (χ2v) is 8.35. The van der Waals surface area contributed by atoms with Crippen molar-refractivity contribution >= 4 is 32.3 Å². The Morgan fingerprint density at radius 1 is 1.09 bits per heavy atom. The molecule has 0 aliphatic rings. The number of hydrogen-bond donors (Lipinski definition) is 0. The molecule has 0 spiro atoms. The zero-order valence-electron chi connectivity index (χ0n) is 13.3. The van der Waals surface area contributed by atoms with Gasteiger partial charge >= 0.3 is 0 Å². The van der Waals surface area contributed by atoms with E-state index < -0.39 is 10.0 Å². The SMILES string of the molecule is CCN(CC)Cc1cccc2c1ccn2S(=O)(=O)c1cccs1. The Morgan fingerprint density at radius 2 is 1.87 bits per heavy atom. The fourth-order valence-corrected chi connectivity index (χ4v) is 5.18. The van der Waals surface area contributed by atoms with E-state index in [0.29, 0.717) is 4.21 Å². The quantitative estimate of drug-likeness (QED) is 0.681. The molecule has 23 heavy (non-hydrogen) atoms. The maximum absolute atomic E-state index is 12.8. The summed E-state index contributed by atoms with van der Waals surface area (Å²) >= 11 is 1.24. The molecular weight excluding hydrogens is 328 g/mol. The Morgan fingerprint density at radius 3 is 2.52 bits per heavy atom. The Labute approximate surface area is 141 Å². The van der Waals surface area contributed by atoms with Gasteiger partial charge in [0.15, 0.2) is 0 Å². The van der Waals surface area contributed by atoms with Crippen molar-refractivity contribution in [1.29, 1.82) is 0 Å². The Kier molecular flexibility index (Phi) is 4.57. The van der Waals surface area contributed by atoms with Crippen LogP contribution in [-0.2, 0) is 16.6 Å². The standard InChI is InChI=1S/C17H20N2O2S2/c1-3-18(4-2)13-14-7-5-8-16-15(14)10-11-19(16)23(20,21)17-9-6-12-22-17/h5-12H,3-4,13H2,1-2H3. The average Bonchev–Trinajstić information content (AvgIpc) is 3.22. The van der Waals surface area contributed by atoms with Crippen molar-refractivity contribution in [2.45, 2.75) is 24.6 Å². The molecule has 0 saturated carbocycles. The molecule has 122 valence electrons. The number of thiophene rings is 1. The lowest BCUT2D eigenvalue weighted by Crippen LogP contribution is -2.22. The first-order valence-electron chi connectivity index (χ1n) is 7.68. The summed E-state index contributed by atoms with van der Waals surface area (Å²) in [7, 11) is -3.51. The minimum atomic E-state index is -3.51. The van der Waals surface area contributed by atoms with E-state index in [-0.39, 0.29) is 0 Å². The Bertz CT molecular complexity index is 892. The predicted octanol–water partition coefficient (Wildman–Crippen LogP) is 3.78. The van der Waals surface area contributed by atoms with Crippen molar-refractivity contribution in [3.63, 3.8) is 0 Å². The van der Waals surface area contributed by atoms with Gasteiger partial charge in [0.2, 0.25) is 0 Å². The third-order valence-corrected chi connectivity index (χ3v) is 7.15. The van der Waals surface area contributed by atoms with Gasteiger partial charge in [-0.2, -0.15) is 8.42 Å². The lowest BCUT2D eigenvalue weighted by Gasteiger charge is -2.18. The summed E-state index contributed by atoms with van der Waals surface area (Å²) < 4.78 is 27.3. The molecular formula is C17H20N2O2S2. The van der Waals surface area contributed by atoms with Gasteiger partial charge < -0.3 is 0 Å². The highest BCUT2D eigenvalue weighted by Gasteiger charge is 2.20. The highest BCUT2D eigenvalue weighted by Crippen LogP contribution is 2.27. The maximum atomic E-state index is 12.8. The summed E-state index contributed by atoms with van der Waals surface area (Å²) in [6.45, 7) is 7.04. The van der Waals surface area contributed by atoms with Crippen LogP contribution in [0.2, 0.25) is 0 Å².